The summed E-state index contributed by atoms with van der Waals surface area (Å²) in [6, 6.07) is 18.1. The molecule has 0 heterocycles. The zero-order valence-corrected chi connectivity index (χ0v) is 15.3. The second-order valence-electron chi connectivity index (χ2n) is 5.02. The van der Waals surface area contributed by atoms with E-state index in [9.17, 15) is 10.5 Å². The van der Waals surface area contributed by atoms with Crippen LogP contribution in [-0.2, 0) is 0 Å². The number of nitrogens with two attached hydrogens (primary N) is 4. The molecule has 0 atom stereocenters. The first-order valence-corrected chi connectivity index (χ1v) is 8.95. The van der Waals surface area contributed by atoms with Gasteiger partial charge in [-0.15, -0.1) is 0 Å². The van der Waals surface area contributed by atoms with E-state index >= 15 is 0 Å². The van der Waals surface area contributed by atoms with Crippen LogP contribution in [0.2, 0.25) is 0 Å². The molecule has 0 saturated carbocycles. The van der Waals surface area contributed by atoms with Crippen LogP contribution in [0.1, 0.15) is 0 Å². The molecular weight excluding hydrogens is 364 g/mol. The lowest BCUT2D eigenvalue weighted by Gasteiger charge is -2.09. The third kappa shape index (κ3) is 4.67. The lowest BCUT2D eigenvalue weighted by Crippen LogP contribution is -2.05. The molecule has 8 heteroatoms. The third-order valence-electron chi connectivity index (χ3n) is 3.19. The fourth-order valence-electron chi connectivity index (χ4n) is 1.97. The van der Waals surface area contributed by atoms with Gasteiger partial charge in [-0.2, -0.15) is 10.5 Å². The molecule has 2 aromatic rings. The van der Waals surface area contributed by atoms with Crippen LogP contribution in [-0.4, -0.2) is 0 Å². The molecule has 0 spiro atoms. The van der Waals surface area contributed by atoms with Crippen molar-refractivity contribution in [1.29, 1.82) is 10.5 Å². The van der Waals surface area contributed by atoms with Crippen LogP contribution in [0.4, 0.5) is 11.4 Å². The van der Waals surface area contributed by atoms with Gasteiger partial charge in [0, 0.05) is 21.2 Å². The molecule has 0 aliphatic rings. The van der Waals surface area contributed by atoms with Gasteiger partial charge >= 0.3 is 0 Å². The van der Waals surface area contributed by atoms with E-state index in [0.29, 0.717) is 16.3 Å². The third-order valence-corrected chi connectivity index (χ3v) is 5.12. The van der Waals surface area contributed by atoms with Gasteiger partial charge in [0.2, 0.25) is 0 Å². The molecule has 0 unspecified atom stereocenters. The molecule has 0 radical (unpaired) electrons. The van der Waals surface area contributed by atoms with Crippen molar-refractivity contribution < 1.29 is 0 Å². The monoisotopic (exact) mass is 380 g/mol. The minimum atomic E-state index is 0.00894. The standard InChI is InChI=1S/C18H16N6S2/c19-9-13(17(23)25-12-5-3-4-11(21)8-12)14(10-20)18(24)26-16-7-2-1-6-15(16)22/h1-8H,21-24H2/b17-13-,18-14-. The van der Waals surface area contributed by atoms with Crippen molar-refractivity contribution >= 4 is 34.9 Å². The second-order valence-corrected chi connectivity index (χ2v) is 7.22. The molecule has 0 aliphatic carbocycles. The zero-order valence-electron chi connectivity index (χ0n) is 13.6. The Morgan fingerprint density at radius 1 is 0.808 bits per heavy atom. The Labute approximate surface area is 160 Å². The molecule has 6 nitrogen and oxygen atoms in total. The minimum Gasteiger partial charge on any atom is -0.399 e. The van der Waals surface area contributed by atoms with Gasteiger partial charge in [0.05, 0.1) is 10.1 Å². The van der Waals surface area contributed by atoms with E-state index in [-0.39, 0.29) is 21.2 Å². The van der Waals surface area contributed by atoms with Gasteiger partial charge in [0.1, 0.15) is 23.3 Å². The number of para-hydroxylation sites is 1. The molecule has 2 rings (SSSR count). The van der Waals surface area contributed by atoms with Crippen molar-refractivity contribution in [3.63, 3.8) is 0 Å². The molecule has 0 saturated heterocycles. The number of thioether (sulfide) groups is 2. The van der Waals surface area contributed by atoms with Gasteiger partial charge < -0.3 is 22.9 Å². The Kier molecular flexibility index (Phi) is 6.45. The second kappa shape index (κ2) is 8.77. The molecule has 0 amide bonds. The van der Waals surface area contributed by atoms with Crippen molar-refractivity contribution in [3.05, 3.63) is 69.7 Å². The largest absolute Gasteiger partial charge is 0.399 e. The van der Waals surface area contributed by atoms with Crippen molar-refractivity contribution in [3.8, 4) is 12.1 Å². The SMILES string of the molecule is N#CC(=C(\N)Sc1cccc(N)c1)/C(C#N)=C(/N)Sc1ccccc1N. The lowest BCUT2D eigenvalue weighted by molar-refractivity contribution is 1.34. The fraction of sp³-hybridized carbons (Fsp3) is 0. The number of hydrogen-bond donors (Lipinski definition) is 4. The van der Waals surface area contributed by atoms with Crippen molar-refractivity contribution in [2.75, 3.05) is 11.5 Å². The molecule has 0 aromatic heterocycles. The van der Waals surface area contributed by atoms with Gasteiger partial charge in [-0.3, -0.25) is 0 Å². The van der Waals surface area contributed by atoms with E-state index in [1.165, 1.54) is 0 Å². The number of benzene rings is 2. The summed E-state index contributed by atoms with van der Waals surface area (Å²) in [7, 11) is 0. The van der Waals surface area contributed by atoms with Crippen LogP contribution in [0.15, 0.2) is 79.5 Å². The minimum absolute atomic E-state index is 0.00894. The number of hydrogen-bond acceptors (Lipinski definition) is 8. The van der Waals surface area contributed by atoms with Crippen LogP contribution in [0.25, 0.3) is 0 Å². The number of nitrogen functional groups attached to an aromatic ring is 2. The van der Waals surface area contributed by atoms with E-state index in [2.05, 4.69) is 0 Å². The van der Waals surface area contributed by atoms with Gasteiger partial charge in [-0.25, -0.2) is 0 Å². The van der Waals surface area contributed by atoms with E-state index in [0.717, 1.165) is 28.4 Å². The summed E-state index contributed by atoms with van der Waals surface area (Å²) in [6.45, 7) is 0. The van der Waals surface area contributed by atoms with Crippen LogP contribution < -0.4 is 22.9 Å². The lowest BCUT2D eigenvalue weighted by atomic mass is 10.1. The molecule has 2 aromatic carbocycles. The quantitative estimate of drug-likeness (QED) is 0.267. The molecule has 0 bridgehead atoms. The molecule has 0 aliphatic heterocycles. The zero-order chi connectivity index (χ0) is 19.1. The summed E-state index contributed by atoms with van der Waals surface area (Å²) >= 11 is 2.25. The first-order chi connectivity index (χ1) is 12.5. The van der Waals surface area contributed by atoms with Crippen LogP contribution in [0, 0.1) is 22.7 Å². The predicted octanol–water partition coefficient (Wildman–Crippen LogP) is 3.12. The predicted molar refractivity (Wildman–Crippen MR) is 107 cm³/mol. The van der Waals surface area contributed by atoms with Crippen molar-refractivity contribution in [2.24, 2.45) is 11.5 Å². The average Bonchev–Trinajstić information content (AvgIpc) is 2.61. The maximum atomic E-state index is 9.50. The maximum Gasteiger partial charge on any atom is 0.103 e. The van der Waals surface area contributed by atoms with E-state index < -0.39 is 0 Å². The van der Waals surface area contributed by atoms with E-state index in [1.54, 1.807) is 42.5 Å². The topological polar surface area (TPSA) is 152 Å². The van der Waals surface area contributed by atoms with Crippen LogP contribution in [0.5, 0.6) is 0 Å². The number of allylic oxidation sites excluding steroid dienone is 2. The smallest absolute Gasteiger partial charge is 0.103 e. The number of nitriles is 2. The highest BCUT2D eigenvalue weighted by Gasteiger charge is 2.16. The first kappa shape index (κ1) is 19.1. The summed E-state index contributed by atoms with van der Waals surface area (Å²) in [4.78, 5) is 1.45. The number of rotatable bonds is 5. The highest BCUT2D eigenvalue weighted by Crippen LogP contribution is 2.34. The average molecular weight is 381 g/mol. The Hall–Kier alpha value is -3.20. The van der Waals surface area contributed by atoms with Gasteiger partial charge in [0.15, 0.2) is 0 Å². The first-order valence-electron chi connectivity index (χ1n) is 7.32. The Morgan fingerprint density at radius 3 is 2.00 bits per heavy atom. The summed E-state index contributed by atoms with van der Waals surface area (Å²) in [5, 5.41) is 19.3. The van der Waals surface area contributed by atoms with Crippen molar-refractivity contribution in [2.45, 2.75) is 9.79 Å². The normalized spacial score (nSPS) is 12.4. The number of nitrogens with zero attached hydrogens (tertiary/aromatic N) is 2. The van der Waals surface area contributed by atoms with Crippen molar-refractivity contribution in [1.82, 2.24) is 0 Å². The highest BCUT2D eigenvalue weighted by atomic mass is 32.2. The fourth-order valence-corrected chi connectivity index (χ4v) is 3.63. The van der Waals surface area contributed by atoms with Gasteiger partial charge in [-0.1, -0.05) is 41.7 Å². The van der Waals surface area contributed by atoms with Gasteiger partial charge in [-0.05, 0) is 30.3 Å². The molecule has 0 fully saturated rings. The van der Waals surface area contributed by atoms with Gasteiger partial charge in [0.25, 0.3) is 0 Å². The molecular formula is C18H16N6S2. The van der Waals surface area contributed by atoms with Crippen LogP contribution in [0.3, 0.4) is 0 Å². The summed E-state index contributed by atoms with van der Waals surface area (Å²) in [5.74, 6) is 0. The molecule has 130 valence electrons. The van der Waals surface area contributed by atoms with Crippen LogP contribution >= 0.6 is 23.5 Å². The summed E-state index contributed by atoms with van der Waals surface area (Å²) in [6.07, 6.45) is 0. The maximum absolute atomic E-state index is 9.50. The summed E-state index contributed by atoms with van der Waals surface area (Å²) < 4.78 is 0. The molecule has 26 heavy (non-hydrogen) atoms. The van der Waals surface area contributed by atoms with E-state index in [4.69, 9.17) is 22.9 Å². The Bertz CT molecular complexity index is 966. The van der Waals surface area contributed by atoms with E-state index in [1.807, 2.05) is 18.2 Å². The molecule has 8 N–H and O–H groups in total. The Balaban J connectivity index is 2.39. The highest BCUT2D eigenvalue weighted by molar-refractivity contribution is 8.03. The summed E-state index contributed by atoms with van der Waals surface area (Å²) in [5.41, 5.74) is 24.9. The number of anilines is 2. The Morgan fingerprint density at radius 2 is 1.42 bits per heavy atom.